The van der Waals surface area contributed by atoms with Gasteiger partial charge in [0.05, 0.1) is 4.91 Å². The van der Waals surface area contributed by atoms with E-state index in [-0.39, 0.29) is 11.8 Å². The van der Waals surface area contributed by atoms with Crippen LogP contribution in [-0.2, 0) is 21.2 Å². The Balaban J connectivity index is 1.72. The molecule has 1 aliphatic heterocycles. The average Bonchev–Trinajstić information content (AvgIpc) is 2.61. The number of fused-ring (bicyclic) bond motifs is 1. The van der Waals surface area contributed by atoms with Crippen molar-refractivity contribution in [1.82, 2.24) is 9.62 Å². The maximum atomic E-state index is 12.9. The minimum Gasteiger partial charge on any atom is -0.356 e. The van der Waals surface area contributed by atoms with Gasteiger partial charge in [-0.1, -0.05) is 24.3 Å². The van der Waals surface area contributed by atoms with Crippen molar-refractivity contribution < 1.29 is 13.2 Å². The second-order valence-corrected chi connectivity index (χ2v) is 8.37. The molecule has 3 rings (SSSR count). The molecule has 0 unspecified atom stereocenters. The first-order valence-corrected chi connectivity index (χ1v) is 10.0. The minimum atomic E-state index is -3.43. The zero-order valence-corrected chi connectivity index (χ0v) is 14.8. The summed E-state index contributed by atoms with van der Waals surface area (Å²) in [6, 6.07) is 7.93. The lowest BCUT2D eigenvalue weighted by molar-refractivity contribution is -0.125. The summed E-state index contributed by atoms with van der Waals surface area (Å²) in [7, 11) is -3.43. The third kappa shape index (κ3) is 3.39. The first-order valence-electron chi connectivity index (χ1n) is 8.58. The number of sulfonamides is 1. The van der Waals surface area contributed by atoms with E-state index in [4.69, 9.17) is 0 Å². The number of hydrogen-bond acceptors (Lipinski definition) is 3. The lowest BCUT2D eigenvalue weighted by Crippen LogP contribution is -2.43. The van der Waals surface area contributed by atoms with Crippen molar-refractivity contribution in [3.63, 3.8) is 0 Å². The molecule has 5 nitrogen and oxygen atoms in total. The highest BCUT2D eigenvalue weighted by molar-refractivity contribution is 7.93. The Morgan fingerprint density at radius 1 is 1.21 bits per heavy atom. The Morgan fingerprint density at radius 2 is 1.92 bits per heavy atom. The van der Waals surface area contributed by atoms with Crippen LogP contribution in [0.5, 0.6) is 0 Å². The van der Waals surface area contributed by atoms with Gasteiger partial charge in [-0.05, 0) is 49.8 Å². The number of carbonyl (C=O) groups excluding carboxylic acids is 1. The van der Waals surface area contributed by atoms with Crippen molar-refractivity contribution >= 4 is 22.0 Å². The highest BCUT2D eigenvalue weighted by Crippen LogP contribution is 2.31. The van der Waals surface area contributed by atoms with Crippen LogP contribution in [0.4, 0.5) is 0 Å². The van der Waals surface area contributed by atoms with Gasteiger partial charge in [-0.15, -0.1) is 0 Å². The highest BCUT2D eigenvalue weighted by atomic mass is 32.2. The monoisotopic (exact) mass is 348 g/mol. The maximum absolute atomic E-state index is 12.9. The summed E-state index contributed by atoms with van der Waals surface area (Å²) in [6.07, 6.45) is 4.31. The SMILES string of the molecule is CCNC(=O)C1CCN(S(=O)(=O)C2=Cc3ccccc3CC2)CC1. The van der Waals surface area contributed by atoms with Crippen LogP contribution in [0.25, 0.3) is 6.08 Å². The van der Waals surface area contributed by atoms with E-state index in [0.717, 1.165) is 12.0 Å². The predicted molar refractivity (Wildman–Crippen MR) is 94.6 cm³/mol. The van der Waals surface area contributed by atoms with Crippen molar-refractivity contribution in [1.29, 1.82) is 0 Å². The molecule has 1 N–H and O–H groups in total. The normalized spacial score (nSPS) is 19.5. The Labute approximate surface area is 143 Å². The third-order valence-corrected chi connectivity index (χ3v) is 6.89. The van der Waals surface area contributed by atoms with E-state index in [1.807, 2.05) is 37.3 Å². The van der Waals surface area contributed by atoms with E-state index in [2.05, 4.69) is 5.32 Å². The number of carbonyl (C=O) groups is 1. The molecule has 0 bridgehead atoms. The number of rotatable bonds is 4. The molecule has 130 valence electrons. The topological polar surface area (TPSA) is 66.5 Å². The summed E-state index contributed by atoms with van der Waals surface area (Å²) in [5, 5.41) is 2.82. The molecule has 6 heteroatoms. The molecule has 0 atom stereocenters. The summed E-state index contributed by atoms with van der Waals surface area (Å²) in [4.78, 5) is 12.4. The van der Waals surface area contributed by atoms with Gasteiger partial charge in [0.25, 0.3) is 0 Å². The van der Waals surface area contributed by atoms with E-state index in [1.54, 1.807) is 4.31 Å². The fourth-order valence-electron chi connectivity index (χ4n) is 3.45. The fraction of sp³-hybridized carbons (Fsp3) is 0.500. The molecule has 1 heterocycles. The summed E-state index contributed by atoms with van der Waals surface area (Å²) in [6.45, 7) is 3.35. The van der Waals surface area contributed by atoms with Gasteiger partial charge >= 0.3 is 0 Å². The van der Waals surface area contributed by atoms with E-state index in [1.165, 1.54) is 5.56 Å². The van der Waals surface area contributed by atoms with Crippen LogP contribution in [-0.4, -0.2) is 38.3 Å². The van der Waals surface area contributed by atoms with E-state index in [9.17, 15) is 13.2 Å². The Morgan fingerprint density at radius 3 is 2.62 bits per heavy atom. The van der Waals surface area contributed by atoms with Gasteiger partial charge in [0.1, 0.15) is 0 Å². The molecule has 1 amide bonds. The molecule has 2 aliphatic rings. The summed E-state index contributed by atoms with van der Waals surface area (Å²) in [5.41, 5.74) is 2.20. The second kappa shape index (κ2) is 7.07. The maximum Gasteiger partial charge on any atom is 0.239 e. The molecular formula is C18H24N2O3S. The number of nitrogens with zero attached hydrogens (tertiary/aromatic N) is 1. The number of allylic oxidation sites excluding steroid dienone is 1. The molecule has 1 aromatic carbocycles. The van der Waals surface area contributed by atoms with Crippen LogP contribution >= 0.6 is 0 Å². The Hall–Kier alpha value is -1.66. The van der Waals surface area contributed by atoms with Gasteiger partial charge in [-0.3, -0.25) is 4.79 Å². The third-order valence-electron chi connectivity index (χ3n) is 4.86. The van der Waals surface area contributed by atoms with Crippen LogP contribution in [0.15, 0.2) is 29.2 Å². The first-order chi connectivity index (χ1) is 11.5. The lowest BCUT2D eigenvalue weighted by Gasteiger charge is -2.32. The lowest BCUT2D eigenvalue weighted by atomic mass is 9.97. The van der Waals surface area contributed by atoms with Crippen molar-refractivity contribution in [2.75, 3.05) is 19.6 Å². The van der Waals surface area contributed by atoms with E-state index < -0.39 is 10.0 Å². The molecule has 1 aliphatic carbocycles. The number of benzene rings is 1. The number of piperidine rings is 1. The van der Waals surface area contributed by atoms with Crippen molar-refractivity contribution in [3.8, 4) is 0 Å². The van der Waals surface area contributed by atoms with Gasteiger partial charge in [-0.2, -0.15) is 4.31 Å². The molecular weight excluding hydrogens is 324 g/mol. The zero-order valence-electron chi connectivity index (χ0n) is 14.0. The minimum absolute atomic E-state index is 0.0420. The molecule has 0 saturated carbocycles. The number of hydrogen-bond donors (Lipinski definition) is 1. The smallest absolute Gasteiger partial charge is 0.239 e. The van der Waals surface area contributed by atoms with Gasteiger partial charge in [0.15, 0.2) is 0 Å². The molecule has 24 heavy (non-hydrogen) atoms. The summed E-state index contributed by atoms with van der Waals surface area (Å²) in [5.74, 6) is -0.0298. The number of aryl methyl sites for hydroxylation is 1. The Bertz CT molecular complexity index is 747. The molecule has 0 aromatic heterocycles. The molecule has 1 fully saturated rings. The number of nitrogens with one attached hydrogen (secondary N) is 1. The van der Waals surface area contributed by atoms with Crippen molar-refractivity contribution in [2.45, 2.75) is 32.6 Å². The molecule has 0 radical (unpaired) electrons. The summed E-state index contributed by atoms with van der Waals surface area (Å²) >= 11 is 0. The number of amides is 1. The fourth-order valence-corrected chi connectivity index (χ4v) is 5.11. The van der Waals surface area contributed by atoms with Crippen LogP contribution in [0.2, 0.25) is 0 Å². The van der Waals surface area contributed by atoms with Crippen LogP contribution in [0.3, 0.4) is 0 Å². The predicted octanol–water partition coefficient (Wildman–Crippen LogP) is 2.15. The van der Waals surface area contributed by atoms with Gasteiger partial charge < -0.3 is 5.32 Å². The molecule has 1 saturated heterocycles. The average molecular weight is 348 g/mol. The second-order valence-electron chi connectivity index (χ2n) is 6.38. The zero-order chi connectivity index (χ0) is 17.2. The largest absolute Gasteiger partial charge is 0.356 e. The van der Waals surface area contributed by atoms with E-state index in [0.29, 0.717) is 43.8 Å². The van der Waals surface area contributed by atoms with Crippen LogP contribution < -0.4 is 5.32 Å². The quantitative estimate of drug-likeness (QED) is 0.907. The van der Waals surface area contributed by atoms with Gasteiger partial charge in [-0.25, -0.2) is 8.42 Å². The van der Waals surface area contributed by atoms with Gasteiger partial charge in [0.2, 0.25) is 15.9 Å². The Kier molecular flexibility index (Phi) is 5.06. The highest BCUT2D eigenvalue weighted by Gasteiger charge is 2.33. The summed E-state index contributed by atoms with van der Waals surface area (Å²) < 4.78 is 27.4. The standard InChI is InChI=1S/C18H24N2O3S/c1-2-19-18(21)15-9-11-20(12-10-15)24(22,23)17-8-7-14-5-3-4-6-16(14)13-17/h3-6,13,15H,2,7-12H2,1H3,(H,19,21). The van der Waals surface area contributed by atoms with Crippen molar-refractivity contribution in [3.05, 3.63) is 40.3 Å². The molecule has 1 aromatic rings. The first kappa shape index (κ1) is 17.2. The van der Waals surface area contributed by atoms with Crippen LogP contribution in [0, 0.1) is 5.92 Å². The van der Waals surface area contributed by atoms with E-state index >= 15 is 0 Å². The van der Waals surface area contributed by atoms with Gasteiger partial charge in [0, 0.05) is 25.6 Å². The van der Waals surface area contributed by atoms with Crippen molar-refractivity contribution in [2.24, 2.45) is 5.92 Å². The van der Waals surface area contributed by atoms with Crippen LogP contribution in [0.1, 0.15) is 37.3 Å². The molecule has 0 spiro atoms.